The topological polar surface area (TPSA) is 45.6 Å². The summed E-state index contributed by atoms with van der Waals surface area (Å²) in [4.78, 5) is 22.3. The Kier molecular flexibility index (Phi) is 4.74. The Morgan fingerprint density at radius 1 is 1.18 bits per heavy atom. The van der Waals surface area contributed by atoms with Crippen molar-refractivity contribution in [1.29, 1.82) is 0 Å². The van der Waals surface area contributed by atoms with E-state index in [0.29, 0.717) is 17.8 Å². The van der Waals surface area contributed by atoms with Gasteiger partial charge in [-0.1, -0.05) is 30.3 Å². The zero-order valence-corrected chi connectivity index (χ0v) is 15.8. The van der Waals surface area contributed by atoms with Gasteiger partial charge < -0.3 is 4.90 Å². The first-order chi connectivity index (χ1) is 13.6. The number of rotatable bonds is 4. The molecule has 0 saturated carbocycles. The summed E-state index contributed by atoms with van der Waals surface area (Å²) in [6, 6.07) is 14.8. The van der Waals surface area contributed by atoms with E-state index in [0.717, 1.165) is 27.8 Å². The molecule has 1 aliphatic rings. The summed E-state index contributed by atoms with van der Waals surface area (Å²) >= 11 is 0. The van der Waals surface area contributed by atoms with Gasteiger partial charge in [-0.2, -0.15) is 0 Å². The van der Waals surface area contributed by atoms with E-state index in [1.54, 1.807) is 30.4 Å². The standard InChI is InChI=1S/C23H20FN3O/c1-15-5-6-16(10-20(15)12-25-2)17-7-8-18(21(24)11-17)13-27-14-19-4-3-9-26-22(19)23(27)28/h3-12H,13-14H2,1-2H3/b25-12-. The smallest absolute Gasteiger partial charge is 0.273 e. The molecule has 0 atom stereocenters. The quantitative estimate of drug-likeness (QED) is 0.636. The molecule has 0 saturated heterocycles. The van der Waals surface area contributed by atoms with Gasteiger partial charge in [-0.3, -0.25) is 14.8 Å². The van der Waals surface area contributed by atoms with Crippen molar-refractivity contribution in [3.05, 3.63) is 88.5 Å². The van der Waals surface area contributed by atoms with E-state index < -0.39 is 0 Å². The highest BCUT2D eigenvalue weighted by Gasteiger charge is 2.28. The number of halogens is 1. The molecule has 4 nitrogen and oxygen atoms in total. The molecular weight excluding hydrogens is 353 g/mol. The monoisotopic (exact) mass is 373 g/mol. The fourth-order valence-electron chi connectivity index (χ4n) is 3.47. The summed E-state index contributed by atoms with van der Waals surface area (Å²) in [6.45, 7) is 2.70. The lowest BCUT2D eigenvalue weighted by Crippen LogP contribution is -2.24. The number of pyridine rings is 1. The molecule has 1 aliphatic heterocycles. The van der Waals surface area contributed by atoms with Crippen LogP contribution in [0.15, 0.2) is 59.7 Å². The van der Waals surface area contributed by atoms with Gasteiger partial charge in [-0.15, -0.1) is 0 Å². The number of amides is 1. The number of nitrogens with zero attached hydrogens (tertiary/aromatic N) is 3. The number of benzene rings is 2. The SMILES string of the molecule is C/N=C\c1cc(-c2ccc(CN3Cc4cccnc4C3=O)c(F)c2)ccc1C. The molecule has 0 N–H and O–H groups in total. The summed E-state index contributed by atoms with van der Waals surface area (Å²) < 4.78 is 14.8. The Labute approximate surface area is 163 Å². The third kappa shape index (κ3) is 3.31. The normalized spacial score (nSPS) is 13.4. The number of carbonyl (C=O) groups excluding carboxylic acids is 1. The van der Waals surface area contributed by atoms with E-state index >= 15 is 0 Å². The van der Waals surface area contributed by atoms with E-state index in [1.165, 1.54) is 6.07 Å². The first-order valence-corrected chi connectivity index (χ1v) is 9.11. The van der Waals surface area contributed by atoms with Crippen molar-refractivity contribution >= 4 is 12.1 Å². The van der Waals surface area contributed by atoms with Gasteiger partial charge in [-0.25, -0.2) is 4.39 Å². The second-order valence-electron chi connectivity index (χ2n) is 6.94. The lowest BCUT2D eigenvalue weighted by molar-refractivity contribution is 0.0761. The van der Waals surface area contributed by atoms with Crippen LogP contribution in [0.5, 0.6) is 0 Å². The van der Waals surface area contributed by atoms with Crippen LogP contribution in [0.3, 0.4) is 0 Å². The van der Waals surface area contributed by atoms with Crippen molar-refractivity contribution < 1.29 is 9.18 Å². The maximum absolute atomic E-state index is 14.8. The third-order valence-electron chi connectivity index (χ3n) is 5.04. The minimum Gasteiger partial charge on any atom is -0.328 e. The number of aryl methyl sites for hydroxylation is 1. The highest BCUT2D eigenvalue weighted by molar-refractivity contribution is 5.96. The van der Waals surface area contributed by atoms with E-state index in [9.17, 15) is 9.18 Å². The van der Waals surface area contributed by atoms with E-state index in [-0.39, 0.29) is 18.3 Å². The molecule has 2 aromatic carbocycles. The van der Waals surface area contributed by atoms with Crippen LogP contribution < -0.4 is 0 Å². The van der Waals surface area contributed by atoms with Crippen LogP contribution >= 0.6 is 0 Å². The van der Waals surface area contributed by atoms with Crippen molar-refractivity contribution in [3.63, 3.8) is 0 Å². The van der Waals surface area contributed by atoms with E-state index in [2.05, 4.69) is 9.98 Å². The molecule has 5 heteroatoms. The Balaban J connectivity index is 1.58. The molecule has 0 bridgehead atoms. The average Bonchev–Trinajstić information content (AvgIpc) is 3.01. The Morgan fingerprint density at radius 3 is 2.71 bits per heavy atom. The Bertz CT molecular complexity index is 1090. The van der Waals surface area contributed by atoms with Crippen LogP contribution in [0.2, 0.25) is 0 Å². The zero-order valence-electron chi connectivity index (χ0n) is 15.8. The van der Waals surface area contributed by atoms with Gasteiger partial charge in [-0.05, 0) is 47.4 Å². The number of hydrogen-bond acceptors (Lipinski definition) is 3. The molecule has 0 radical (unpaired) electrons. The molecule has 3 aromatic rings. The molecule has 1 aromatic heterocycles. The second-order valence-corrected chi connectivity index (χ2v) is 6.94. The van der Waals surface area contributed by atoms with Gasteiger partial charge in [0.1, 0.15) is 11.5 Å². The van der Waals surface area contributed by atoms with Crippen molar-refractivity contribution in [1.82, 2.24) is 9.88 Å². The summed E-state index contributed by atoms with van der Waals surface area (Å²) in [7, 11) is 1.73. The van der Waals surface area contributed by atoms with Gasteiger partial charge in [0.2, 0.25) is 0 Å². The lowest BCUT2D eigenvalue weighted by Gasteiger charge is -2.16. The van der Waals surface area contributed by atoms with Crippen LogP contribution in [-0.2, 0) is 13.1 Å². The first kappa shape index (κ1) is 18.0. The fourth-order valence-corrected chi connectivity index (χ4v) is 3.47. The number of carbonyl (C=O) groups is 1. The first-order valence-electron chi connectivity index (χ1n) is 9.11. The predicted octanol–water partition coefficient (Wildman–Crippen LogP) is 4.40. The van der Waals surface area contributed by atoms with Crippen molar-refractivity contribution in [2.45, 2.75) is 20.0 Å². The van der Waals surface area contributed by atoms with E-state index in [1.807, 2.05) is 43.3 Å². The number of hydrogen-bond donors (Lipinski definition) is 0. The second kappa shape index (κ2) is 7.35. The molecule has 0 spiro atoms. The van der Waals surface area contributed by atoms with E-state index in [4.69, 9.17) is 0 Å². The van der Waals surface area contributed by atoms with Crippen LogP contribution in [0.4, 0.5) is 4.39 Å². The molecule has 0 unspecified atom stereocenters. The van der Waals surface area contributed by atoms with Gasteiger partial charge in [0.05, 0.1) is 0 Å². The number of aromatic nitrogens is 1. The molecule has 0 fully saturated rings. The van der Waals surface area contributed by atoms with Gasteiger partial charge in [0.15, 0.2) is 0 Å². The summed E-state index contributed by atoms with van der Waals surface area (Å²) in [6.07, 6.45) is 3.41. The summed E-state index contributed by atoms with van der Waals surface area (Å²) in [5.41, 5.74) is 5.69. The van der Waals surface area contributed by atoms with Crippen LogP contribution in [0.25, 0.3) is 11.1 Å². The maximum atomic E-state index is 14.8. The summed E-state index contributed by atoms with van der Waals surface area (Å²) in [5.74, 6) is -0.471. The van der Waals surface area contributed by atoms with Gasteiger partial charge in [0.25, 0.3) is 5.91 Å². The molecule has 4 rings (SSSR count). The molecule has 28 heavy (non-hydrogen) atoms. The van der Waals surface area contributed by atoms with Gasteiger partial charge >= 0.3 is 0 Å². The fraction of sp³-hybridized carbons (Fsp3) is 0.174. The van der Waals surface area contributed by atoms with Gasteiger partial charge in [0, 0.05) is 43.7 Å². The Hall–Kier alpha value is -3.34. The number of fused-ring (bicyclic) bond motifs is 1. The minimum absolute atomic E-state index is 0.152. The van der Waals surface area contributed by atoms with Crippen LogP contribution in [0, 0.1) is 12.7 Å². The largest absolute Gasteiger partial charge is 0.328 e. The highest BCUT2D eigenvalue weighted by atomic mass is 19.1. The molecule has 0 aliphatic carbocycles. The molecule has 2 heterocycles. The van der Waals surface area contributed by atoms with Crippen molar-refractivity contribution in [3.8, 4) is 11.1 Å². The average molecular weight is 373 g/mol. The molecule has 140 valence electrons. The van der Waals surface area contributed by atoms with Crippen molar-refractivity contribution in [2.75, 3.05) is 7.05 Å². The minimum atomic E-state index is -0.319. The highest BCUT2D eigenvalue weighted by Crippen LogP contribution is 2.27. The lowest BCUT2D eigenvalue weighted by atomic mass is 9.99. The maximum Gasteiger partial charge on any atom is 0.273 e. The van der Waals surface area contributed by atoms with Crippen LogP contribution in [-0.4, -0.2) is 29.1 Å². The Morgan fingerprint density at radius 2 is 1.96 bits per heavy atom. The molecular formula is C23H20FN3O. The predicted molar refractivity (Wildman–Crippen MR) is 108 cm³/mol. The summed E-state index contributed by atoms with van der Waals surface area (Å²) in [5, 5.41) is 0. The van der Waals surface area contributed by atoms with Crippen molar-refractivity contribution in [2.24, 2.45) is 4.99 Å². The van der Waals surface area contributed by atoms with Crippen LogP contribution in [0.1, 0.15) is 32.7 Å². The zero-order chi connectivity index (χ0) is 19.7. The molecule has 1 amide bonds. The third-order valence-corrected chi connectivity index (χ3v) is 5.04. The number of aliphatic imine (C=N–C) groups is 1.